The lowest BCUT2D eigenvalue weighted by Crippen LogP contribution is -2.18. The van der Waals surface area contributed by atoms with Gasteiger partial charge in [0.2, 0.25) is 5.91 Å². The van der Waals surface area contributed by atoms with Crippen molar-refractivity contribution in [3.05, 3.63) is 82.2 Å². The Morgan fingerprint density at radius 3 is 2.64 bits per heavy atom. The maximum Gasteiger partial charge on any atom is 0.417 e. The summed E-state index contributed by atoms with van der Waals surface area (Å²) in [4.78, 5) is 16.2. The van der Waals surface area contributed by atoms with E-state index in [-0.39, 0.29) is 12.1 Å². The molecule has 0 spiro atoms. The van der Waals surface area contributed by atoms with Gasteiger partial charge in [-0.3, -0.25) is 4.79 Å². The van der Waals surface area contributed by atoms with E-state index in [4.69, 9.17) is 16.3 Å². The molecule has 0 aliphatic heterocycles. The lowest BCUT2D eigenvalue weighted by Gasteiger charge is -2.23. The van der Waals surface area contributed by atoms with Crippen molar-refractivity contribution < 1.29 is 22.7 Å². The van der Waals surface area contributed by atoms with E-state index >= 15 is 0 Å². The number of ether oxygens (including phenoxy) is 1. The summed E-state index contributed by atoms with van der Waals surface area (Å²) >= 11 is 5.59. The van der Waals surface area contributed by atoms with Crippen molar-refractivity contribution in [2.24, 2.45) is 0 Å². The number of halogens is 4. The number of carbonyl (C=O) groups is 1. The van der Waals surface area contributed by atoms with Crippen LogP contribution in [0.25, 0.3) is 0 Å². The van der Waals surface area contributed by atoms with Gasteiger partial charge >= 0.3 is 6.18 Å². The Bertz CT molecular complexity index is 1130. The summed E-state index contributed by atoms with van der Waals surface area (Å²) in [5.41, 5.74) is 2.28. The molecule has 0 bridgehead atoms. The minimum absolute atomic E-state index is 0.0135. The van der Waals surface area contributed by atoms with E-state index < -0.39 is 22.7 Å². The Morgan fingerprint density at radius 2 is 1.91 bits per heavy atom. The molecule has 0 radical (unpaired) electrons. The molecule has 174 valence electrons. The molecular formula is C22H19ClF3N4O3-. The minimum atomic E-state index is -4.62. The van der Waals surface area contributed by atoms with Crippen LogP contribution >= 0.6 is 11.6 Å². The second-order valence-corrected chi connectivity index (χ2v) is 7.38. The van der Waals surface area contributed by atoms with Crippen LogP contribution in [0.1, 0.15) is 17.5 Å². The number of benzene rings is 2. The fourth-order valence-electron chi connectivity index (χ4n) is 2.90. The second-order valence-electron chi connectivity index (χ2n) is 6.98. The third-order valence-electron chi connectivity index (χ3n) is 4.33. The van der Waals surface area contributed by atoms with Crippen molar-refractivity contribution in [1.29, 1.82) is 0 Å². The van der Waals surface area contributed by atoms with Crippen LogP contribution < -0.4 is 15.5 Å². The van der Waals surface area contributed by atoms with Gasteiger partial charge in [0.05, 0.1) is 10.6 Å². The molecule has 0 atom stereocenters. The summed E-state index contributed by atoms with van der Waals surface area (Å²) in [6, 6.07) is 13.4. The smallest absolute Gasteiger partial charge is 0.417 e. The van der Waals surface area contributed by atoms with Gasteiger partial charge in [0, 0.05) is 24.4 Å². The molecule has 1 heterocycles. The summed E-state index contributed by atoms with van der Waals surface area (Å²) in [7, 11) is 1.29. The first-order valence-electron chi connectivity index (χ1n) is 9.67. The van der Waals surface area contributed by atoms with E-state index in [0.717, 1.165) is 17.7 Å². The standard InChI is InChI=1S/C22H19ClF3N4O3/c1-30(32)29-20-13-17(9-10-27-20)33-16-4-2-3-14(11-16)5-8-21(31)28-15-6-7-19(23)18(12-15)22(24,25)26/h2-4,6-7,9-13H,5,8H2,1H3,(H,27,29)(H,28,31)/q-1. The molecule has 0 aliphatic carbocycles. The first-order valence-corrected chi connectivity index (χ1v) is 10.0. The molecule has 1 aromatic heterocycles. The molecule has 33 heavy (non-hydrogen) atoms. The largest absolute Gasteiger partial charge is 0.768 e. The quantitative estimate of drug-likeness (QED) is 0.392. The van der Waals surface area contributed by atoms with E-state index in [9.17, 15) is 23.2 Å². The molecule has 3 aromatic rings. The van der Waals surface area contributed by atoms with E-state index in [2.05, 4.69) is 15.7 Å². The Labute approximate surface area is 192 Å². The number of nitrogens with one attached hydrogen (secondary N) is 2. The van der Waals surface area contributed by atoms with Crippen molar-refractivity contribution in [2.45, 2.75) is 19.0 Å². The number of carbonyl (C=O) groups excluding carboxylic acids is 1. The lowest BCUT2D eigenvalue weighted by atomic mass is 10.1. The van der Waals surface area contributed by atoms with Gasteiger partial charge in [0.15, 0.2) is 0 Å². The van der Waals surface area contributed by atoms with Crippen molar-refractivity contribution in [3.63, 3.8) is 0 Å². The number of hydroxylamine groups is 1. The number of alkyl halides is 3. The van der Waals surface area contributed by atoms with Crippen molar-refractivity contribution in [1.82, 2.24) is 10.2 Å². The molecule has 0 unspecified atom stereocenters. The van der Waals surface area contributed by atoms with E-state index in [1.807, 2.05) is 0 Å². The predicted octanol–water partition coefficient (Wildman–Crippen LogP) is 5.87. The third kappa shape index (κ3) is 7.35. The molecule has 2 N–H and O–H groups in total. The van der Waals surface area contributed by atoms with Crippen LogP contribution in [0, 0.1) is 5.21 Å². The molecule has 0 fully saturated rings. The number of rotatable bonds is 8. The number of hydrazine groups is 1. The second kappa shape index (κ2) is 10.5. The van der Waals surface area contributed by atoms with Gasteiger partial charge in [0.25, 0.3) is 0 Å². The Hall–Kier alpha value is -3.34. The molecule has 0 saturated carbocycles. The molecule has 3 rings (SSSR count). The first kappa shape index (κ1) is 24.3. The number of hydrogen-bond acceptors (Lipinski definition) is 6. The number of amides is 1. The summed E-state index contributed by atoms with van der Waals surface area (Å²) in [6.07, 6.45) is -2.75. The van der Waals surface area contributed by atoms with Gasteiger partial charge < -0.3 is 25.9 Å². The molecule has 2 aromatic carbocycles. The highest BCUT2D eigenvalue weighted by atomic mass is 35.5. The maximum atomic E-state index is 13.0. The zero-order valence-electron chi connectivity index (χ0n) is 17.3. The molecule has 11 heteroatoms. The van der Waals surface area contributed by atoms with Gasteiger partial charge in [-0.2, -0.15) is 13.2 Å². The van der Waals surface area contributed by atoms with Gasteiger partial charge in [-0.1, -0.05) is 23.7 Å². The van der Waals surface area contributed by atoms with Crippen LogP contribution in [0.2, 0.25) is 5.02 Å². The fraction of sp³-hybridized carbons (Fsp3) is 0.182. The minimum Gasteiger partial charge on any atom is -0.768 e. The number of anilines is 2. The number of aryl methyl sites for hydroxylation is 1. The highest BCUT2D eigenvalue weighted by molar-refractivity contribution is 6.31. The Kier molecular flexibility index (Phi) is 7.75. The number of aromatic nitrogens is 1. The monoisotopic (exact) mass is 479 g/mol. The van der Waals surface area contributed by atoms with E-state index in [1.165, 1.54) is 19.3 Å². The summed E-state index contributed by atoms with van der Waals surface area (Å²) < 4.78 is 44.7. The van der Waals surface area contributed by atoms with Crippen molar-refractivity contribution in [2.75, 3.05) is 17.8 Å². The topological polar surface area (TPSA) is 89.5 Å². The summed E-state index contributed by atoms with van der Waals surface area (Å²) in [5.74, 6) is 0.831. The number of hydrogen-bond donors (Lipinski definition) is 2. The summed E-state index contributed by atoms with van der Waals surface area (Å²) in [6.45, 7) is 0. The molecule has 0 saturated heterocycles. The first-order chi connectivity index (χ1) is 15.6. The van der Waals surface area contributed by atoms with Crippen LogP contribution in [0.5, 0.6) is 11.5 Å². The van der Waals surface area contributed by atoms with Crippen LogP contribution in [-0.2, 0) is 17.4 Å². The molecule has 0 aliphatic rings. The van der Waals surface area contributed by atoms with Gasteiger partial charge in [-0.05, 0) is 55.4 Å². The van der Waals surface area contributed by atoms with E-state index in [0.29, 0.717) is 28.9 Å². The van der Waals surface area contributed by atoms with Gasteiger partial charge in [-0.25, -0.2) is 4.98 Å². The van der Waals surface area contributed by atoms with Gasteiger partial charge in [0.1, 0.15) is 17.3 Å². The van der Waals surface area contributed by atoms with Crippen LogP contribution in [0.4, 0.5) is 24.7 Å². The molecule has 1 amide bonds. The highest BCUT2D eigenvalue weighted by Crippen LogP contribution is 2.36. The molecular weight excluding hydrogens is 461 g/mol. The van der Waals surface area contributed by atoms with E-state index in [1.54, 1.807) is 36.4 Å². The number of nitrogens with zero attached hydrogens (tertiary/aromatic N) is 2. The van der Waals surface area contributed by atoms with Crippen LogP contribution in [0.15, 0.2) is 60.8 Å². The molecule has 7 nitrogen and oxygen atoms in total. The van der Waals surface area contributed by atoms with Crippen LogP contribution in [-0.4, -0.2) is 23.1 Å². The predicted molar refractivity (Wildman–Crippen MR) is 119 cm³/mol. The maximum absolute atomic E-state index is 13.0. The summed E-state index contributed by atoms with van der Waals surface area (Å²) in [5, 5.41) is 13.6. The SMILES string of the molecule is CN([O-])Nc1cc(Oc2cccc(CCC(=O)Nc3ccc(Cl)c(C(F)(F)F)c3)c2)ccn1. The average molecular weight is 480 g/mol. The van der Waals surface area contributed by atoms with Gasteiger partial charge in [-0.15, -0.1) is 0 Å². The average Bonchev–Trinajstić information content (AvgIpc) is 2.73. The van der Waals surface area contributed by atoms with Crippen molar-refractivity contribution >= 4 is 29.0 Å². The fourth-order valence-corrected chi connectivity index (χ4v) is 3.12. The zero-order chi connectivity index (χ0) is 24.0. The van der Waals surface area contributed by atoms with Crippen LogP contribution in [0.3, 0.4) is 0 Å². The third-order valence-corrected chi connectivity index (χ3v) is 4.66. The van der Waals surface area contributed by atoms with Crippen molar-refractivity contribution in [3.8, 4) is 11.5 Å². The Morgan fingerprint density at radius 1 is 1.15 bits per heavy atom. The zero-order valence-corrected chi connectivity index (χ0v) is 18.1. The normalized spacial score (nSPS) is 11.4. The number of pyridine rings is 1. The lowest BCUT2D eigenvalue weighted by molar-refractivity contribution is -0.137. The Balaban J connectivity index is 1.59. The highest BCUT2D eigenvalue weighted by Gasteiger charge is 2.33.